The Kier molecular flexibility index (Phi) is 5.28. The number of rotatable bonds is 6. The minimum atomic E-state index is 0.287. The Labute approximate surface area is 143 Å². The third-order valence-corrected chi connectivity index (χ3v) is 5.16. The van der Waals surface area contributed by atoms with E-state index in [0.717, 1.165) is 44.3 Å². The molecule has 0 spiro atoms. The van der Waals surface area contributed by atoms with Crippen LogP contribution in [0.1, 0.15) is 42.5 Å². The molecule has 1 fully saturated rings. The second-order valence-corrected chi connectivity index (χ2v) is 6.66. The molecule has 1 aliphatic heterocycles. The van der Waals surface area contributed by atoms with Crippen LogP contribution in [-0.2, 0) is 24.7 Å². The maximum absolute atomic E-state index is 12.6. The first-order chi connectivity index (χ1) is 11.6. The molecule has 0 N–H and O–H groups in total. The first-order valence-corrected chi connectivity index (χ1v) is 8.81. The molecule has 1 unspecified atom stereocenters. The van der Waals surface area contributed by atoms with Gasteiger partial charge in [-0.2, -0.15) is 5.10 Å². The number of nitrogens with zero attached hydrogens (tertiary/aromatic N) is 4. The molecule has 1 aliphatic rings. The molecule has 5 nitrogen and oxygen atoms in total. The SMILES string of the molecule is Cc1c(CCC(=O)N2CCCC2CCc2ccncc2)cnn1C. The van der Waals surface area contributed by atoms with Gasteiger partial charge in [-0.05, 0) is 62.3 Å². The topological polar surface area (TPSA) is 51.0 Å². The molecule has 1 atom stereocenters. The van der Waals surface area contributed by atoms with E-state index < -0.39 is 0 Å². The van der Waals surface area contributed by atoms with Crippen LogP contribution in [0.3, 0.4) is 0 Å². The summed E-state index contributed by atoms with van der Waals surface area (Å²) in [6, 6.07) is 4.51. The molecule has 2 aromatic heterocycles. The maximum Gasteiger partial charge on any atom is 0.223 e. The van der Waals surface area contributed by atoms with Crippen LogP contribution in [0.25, 0.3) is 0 Å². The zero-order valence-corrected chi connectivity index (χ0v) is 14.6. The molecule has 1 amide bonds. The Balaban J connectivity index is 1.52. The molecule has 0 saturated carbocycles. The minimum Gasteiger partial charge on any atom is -0.340 e. The number of carbonyl (C=O) groups is 1. The molecule has 0 aromatic carbocycles. The third kappa shape index (κ3) is 3.83. The summed E-state index contributed by atoms with van der Waals surface area (Å²) < 4.78 is 1.87. The zero-order valence-electron chi connectivity index (χ0n) is 14.6. The van der Waals surface area contributed by atoms with E-state index in [4.69, 9.17) is 0 Å². The zero-order chi connectivity index (χ0) is 16.9. The smallest absolute Gasteiger partial charge is 0.223 e. The van der Waals surface area contributed by atoms with Crippen LogP contribution < -0.4 is 0 Å². The molecular formula is C19H26N4O. The highest BCUT2D eigenvalue weighted by molar-refractivity contribution is 5.77. The summed E-state index contributed by atoms with van der Waals surface area (Å²) in [7, 11) is 1.94. The molecular weight excluding hydrogens is 300 g/mol. The lowest BCUT2D eigenvalue weighted by molar-refractivity contribution is -0.132. The Morgan fingerprint density at radius 2 is 2.08 bits per heavy atom. The summed E-state index contributed by atoms with van der Waals surface area (Å²) in [5, 5.41) is 4.26. The van der Waals surface area contributed by atoms with Gasteiger partial charge in [-0.25, -0.2) is 0 Å². The van der Waals surface area contributed by atoms with Gasteiger partial charge in [0.05, 0.1) is 6.20 Å². The fraction of sp³-hybridized carbons (Fsp3) is 0.526. The highest BCUT2D eigenvalue weighted by Gasteiger charge is 2.28. The predicted octanol–water partition coefficient (Wildman–Crippen LogP) is 2.68. The van der Waals surface area contributed by atoms with Crippen molar-refractivity contribution in [2.75, 3.05) is 6.54 Å². The largest absolute Gasteiger partial charge is 0.340 e. The number of pyridine rings is 1. The van der Waals surface area contributed by atoms with Crippen molar-refractivity contribution in [2.24, 2.45) is 7.05 Å². The van der Waals surface area contributed by atoms with Crippen LogP contribution >= 0.6 is 0 Å². The average molecular weight is 326 g/mol. The van der Waals surface area contributed by atoms with Crippen LogP contribution in [0.4, 0.5) is 0 Å². The Morgan fingerprint density at radius 3 is 2.79 bits per heavy atom. The van der Waals surface area contributed by atoms with Crippen molar-refractivity contribution in [3.8, 4) is 0 Å². The van der Waals surface area contributed by atoms with Crippen LogP contribution in [0.5, 0.6) is 0 Å². The number of hydrogen-bond acceptors (Lipinski definition) is 3. The van der Waals surface area contributed by atoms with Gasteiger partial charge in [0.1, 0.15) is 0 Å². The molecule has 24 heavy (non-hydrogen) atoms. The minimum absolute atomic E-state index is 0.287. The van der Waals surface area contributed by atoms with E-state index >= 15 is 0 Å². The van der Waals surface area contributed by atoms with E-state index in [1.807, 2.05) is 30.3 Å². The second-order valence-electron chi connectivity index (χ2n) is 6.66. The van der Waals surface area contributed by atoms with E-state index in [1.165, 1.54) is 11.1 Å². The normalized spacial score (nSPS) is 17.4. The van der Waals surface area contributed by atoms with Crippen molar-refractivity contribution in [1.82, 2.24) is 19.7 Å². The number of aryl methyl sites for hydroxylation is 3. The number of amides is 1. The van der Waals surface area contributed by atoms with E-state index in [1.54, 1.807) is 0 Å². The second kappa shape index (κ2) is 7.60. The summed E-state index contributed by atoms with van der Waals surface area (Å²) in [5.41, 5.74) is 3.63. The fourth-order valence-electron chi connectivity index (χ4n) is 3.52. The maximum atomic E-state index is 12.6. The fourth-order valence-corrected chi connectivity index (χ4v) is 3.52. The first kappa shape index (κ1) is 16.7. The van der Waals surface area contributed by atoms with Gasteiger partial charge in [-0.3, -0.25) is 14.5 Å². The monoisotopic (exact) mass is 326 g/mol. The van der Waals surface area contributed by atoms with Gasteiger partial charge < -0.3 is 4.90 Å². The van der Waals surface area contributed by atoms with E-state index in [0.29, 0.717) is 12.5 Å². The molecule has 5 heteroatoms. The number of carbonyl (C=O) groups excluding carboxylic acids is 1. The Morgan fingerprint density at radius 1 is 1.29 bits per heavy atom. The molecule has 128 valence electrons. The molecule has 2 aromatic rings. The summed E-state index contributed by atoms with van der Waals surface area (Å²) in [4.78, 5) is 18.8. The van der Waals surface area contributed by atoms with Crippen molar-refractivity contribution < 1.29 is 4.79 Å². The van der Waals surface area contributed by atoms with Gasteiger partial charge in [-0.1, -0.05) is 0 Å². The molecule has 1 saturated heterocycles. The van der Waals surface area contributed by atoms with Crippen molar-refractivity contribution in [1.29, 1.82) is 0 Å². The predicted molar refractivity (Wildman–Crippen MR) is 93.6 cm³/mol. The van der Waals surface area contributed by atoms with Gasteiger partial charge in [0.15, 0.2) is 0 Å². The third-order valence-electron chi connectivity index (χ3n) is 5.16. The summed E-state index contributed by atoms with van der Waals surface area (Å²) >= 11 is 0. The number of hydrogen-bond donors (Lipinski definition) is 0. The number of aromatic nitrogens is 3. The van der Waals surface area contributed by atoms with Crippen molar-refractivity contribution in [3.63, 3.8) is 0 Å². The number of likely N-dealkylation sites (tertiary alicyclic amines) is 1. The van der Waals surface area contributed by atoms with Crippen LogP contribution in [0, 0.1) is 6.92 Å². The Bertz CT molecular complexity index is 680. The van der Waals surface area contributed by atoms with Crippen LogP contribution in [0.15, 0.2) is 30.7 Å². The van der Waals surface area contributed by atoms with E-state index in [-0.39, 0.29) is 5.91 Å². The van der Waals surface area contributed by atoms with Crippen LogP contribution in [-0.4, -0.2) is 38.2 Å². The highest BCUT2D eigenvalue weighted by atomic mass is 16.2. The summed E-state index contributed by atoms with van der Waals surface area (Å²) in [5.74, 6) is 0.287. The van der Waals surface area contributed by atoms with E-state index in [2.05, 4.69) is 34.0 Å². The summed E-state index contributed by atoms with van der Waals surface area (Å²) in [6.07, 6.45) is 11.2. The quantitative estimate of drug-likeness (QED) is 0.820. The highest BCUT2D eigenvalue weighted by Crippen LogP contribution is 2.23. The molecule has 0 aliphatic carbocycles. The van der Waals surface area contributed by atoms with Gasteiger partial charge in [0.25, 0.3) is 0 Å². The van der Waals surface area contributed by atoms with Crippen molar-refractivity contribution in [2.45, 2.75) is 51.5 Å². The lowest BCUT2D eigenvalue weighted by Gasteiger charge is -2.25. The summed E-state index contributed by atoms with van der Waals surface area (Å²) in [6.45, 7) is 2.96. The van der Waals surface area contributed by atoms with Gasteiger partial charge >= 0.3 is 0 Å². The van der Waals surface area contributed by atoms with Gasteiger partial charge in [0.2, 0.25) is 5.91 Å². The molecule has 3 heterocycles. The van der Waals surface area contributed by atoms with E-state index in [9.17, 15) is 4.79 Å². The van der Waals surface area contributed by atoms with Gasteiger partial charge in [0, 0.05) is 44.1 Å². The van der Waals surface area contributed by atoms with Crippen LogP contribution in [0.2, 0.25) is 0 Å². The van der Waals surface area contributed by atoms with Gasteiger partial charge in [-0.15, -0.1) is 0 Å². The average Bonchev–Trinajstić information content (AvgIpc) is 3.20. The first-order valence-electron chi connectivity index (χ1n) is 8.81. The lowest BCUT2D eigenvalue weighted by atomic mass is 10.0. The molecule has 0 bridgehead atoms. The van der Waals surface area contributed by atoms with Crippen molar-refractivity contribution in [3.05, 3.63) is 47.5 Å². The molecule has 0 radical (unpaired) electrons. The van der Waals surface area contributed by atoms with Crippen molar-refractivity contribution >= 4 is 5.91 Å². The lowest BCUT2D eigenvalue weighted by Crippen LogP contribution is -2.36. The standard InChI is InChI=1S/C19H26N4O/c1-15-17(14-21-22(15)2)6-8-19(24)23-13-3-4-18(23)7-5-16-9-11-20-12-10-16/h9-12,14,18H,3-8,13H2,1-2H3. The Hall–Kier alpha value is -2.17. The molecule has 3 rings (SSSR count).